The molecule has 0 bridgehead atoms. The zero-order chi connectivity index (χ0) is 17.6. The molecule has 2 heterocycles. The van der Waals surface area contributed by atoms with E-state index in [0.29, 0.717) is 0 Å². The van der Waals surface area contributed by atoms with Gasteiger partial charge < -0.3 is 5.32 Å². The van der Waals surface area contributed by atoms with E-state index in [4.69, 9.17) is 0 Å². The third-order valence-electron chi connectivity index (χ3n) is 3.64. The summed E-state index contributed by atoms with van der Waals surface area (Å²) in [6.07, 6.45) is 4.94. The average molecular weight is 339 g/mol. The van der Waals surface area contributed by atoms with Crippen molar-refractivity contribution in [3.05, 3.63) is 83.8 Å². The molecule has 0 spiro atoms. The highest BCUT2D eigenvalue weighted by molar-refractivity contribution is 5.78. The second-order valence-electron chi connectivity index (χ2n) is 5.48. The molecule has 6 heteroatoms. The summed E-state index contributed by atoms with van der Waals surface area (Å²) in [7, 11) is 0. The zero-order valence-electron chi connectivity index (χ0n) is 13.2. The predicted molar refractivity (Wildman–Crippen MR) is 89.4 cm³/mol. The zero-order valence-corrected chi connectivity index (χ0v) is 13.2. The Labute approximate surface area is 143 Å². The van der Waals surface area contributed by atoms with Gasteiger partial charge in [-0.05, 0) is 35.4 Å². The minimum Gasteiger partial charge on any atom is -0.352 e. The molecule has 0 atom stereocenters. The summed E-state index contributed by atoms with van der Waals surface area (Å²) < 4.78 is 26.4. The van der Waals surface area contributed by atoms with E-state index in [0.717, 1.165) is 29.0 Å². The lowest BCUT2D eigenvalue weighted by Gasteiger charge is -2.07. The van der Waals surface area contributed by atoms with Crippen LogP contribution in [0, 0.1) is 11.6 Å². The van der Waals surface area contributed by atoms with Crippen LogP contribution in [-0.2, 0) is 17.8 Å². The molecule has 2 aromatic heterocycles. The summed E-state index contributed by atoms with van der Waals surface area (Å²) in [5, 5.41) is 2.70. The standard InChI is InChI=1S/C19H15F2N3O/c20-16-5-4-14(17(21)9-16)8-19(25)24-11-13-3-6-18(23-10-13)15-2-1-7-22-12-15/h1-7,9-10,12H,8,11H2,(H,24,25). The number of carbonyl (C=O) groups is 1. The molecule has 4 nitrogen and oxygen atoms in total. The molecule has 0 aliphatic carbocycles. The van der Waals surface area contributed by atoms with Crippen LogP contribution in [0.4, 0.5) is 8.78 Å². The van der Waals surface area contributed by atoms with Crippen molar-refractivity contribution in [2.75, 3.05) is 0 Å². The topological polar surface area (TPSA) is 54.9 Å². The fraction of sp³-hybridized carbons (Fsp3) is 0.105. The van der Waals surface area contributed by atoms with E-state index < -0.39 is 11.6 Å². The first kappa shape index (κ1) is 16.7. The fourth-order valence-corrected chi connectivity index (χ4v) is 2.32. The van der Waals surface area contributed by atoms with Gasteiger partial charge in [0.05, 0.1) is 12.1 Å². The molecule has 0 aliphatic heterocycles. The summed E-state index contributed by atoms with van der Waals surface area (Å²) in [5.41, 5.74) is 2.67. The molecule has 126 valence electrons. The Bertz CT molecular complexity index is 868. The van der Waals surface area contributed by atoms with Crippen molar-refractivity contribution in [1.82, 2.24) is 15.3 Å². The molecule has 0 fully saturated rings. The third kappa shape index (κ3) is 4.44. The van der Waals surface area contributed by atoms with Gasteiger partial charge >= 0.3 is 0 Å². The number of benzene rings is 1. The van der Waals surface area contributed by atoms with E-state index in [-0.39, 0.29) is 24.4 Å². The van der Waals surface area contributed by atoms with Crippen LogP contribution >= 0.6 is 0 Å². The number of nitrogens with zero attached hydrogens (tertiary/aromatic N) is 2. The number of carbonyl (C=O) groups excluding carboxylic acids is 1. The van der Waals surface area contributed by atoms with E-state index in [2.05, 4.69) is 15.3 Å². The van der Waals surface area contributed by atoms with Gasteiger partial charge in [0.2, 0.25) is 5.91 Å². The van der Waals surface area contributed by atoms with Crippen LogP contribution in [0.15, 0.2) is 61.1 Å². The van der Waals surface area contributed by atoms with Gasteiger partial charge in [-0.25, -0.2) is 8.78 Å². The lowest BCUT2D eigenvalue weighted by molar-refractivity contribution is -0.120. The smallest absolute Gasteiger partial charge is 0.224 e. The van der Waals surface area contributed by atoms with Crippen LogP contribution in [0.2, 0.25) is 0 Å². The summed E-state index contributed by atoms with van der Waals surface area (Å²) in [6.45, 7) is 0.280. The van der Waals surface area contributed by atoms with Crippen LogP contribution in [0.1, 0.15) is 11.1 Å². The highest BCUT2D eigenvalue weighted by atomic mass is 19.1. The van der Waals surface area contributed by atoms with Gasteiger partial charge in [-0.1, -0.05) is 12.1 Å². The highest BCUT2D eigenvalue weighted by Gasteiger charge is 2.09. The maximum Gasteiger partial charge on any atom is 0.224 e. The van der Waals surface area contributed by atoms with Crippen molar-refractivity contribution < 1.29 is 13.6 Å². The Morgan fingerprint density at radius 2 is 1.96 bits per heavy atom. The first-order chi connectivity index (χ1) is 12.1. The number of aromatic nitrogens is 2. The van der Waals surface area contributed by atoms with E-state index in [1.54, 1.807) is 18.6 Å². The molecular weight excluding hydrogens is 324 g/mol. The lowest BCUT2D eigenvalue weighted by Crippen LogP contribution is -2.25. The molecule has 0 unspecified atom stereocenters. The summed E-state index contributed by atoms with van der Waals surface area (Å²) in [6, 6.07) is 10.6. The number of halogens is 2. The Kier molecular flexibility index (Phi) is 5.09. The van der Waals surface area contributed by atoms with E-state index in [1.165, 1.54) is 6.07 Å². The van der Waals surface area contributed by atoms with Crippen LogP contribution in [0.5, 0.6) is 0 Å². The van der Waals surface area contributed by atoms with Crippen LogP contribution < -0.4 is 5.32 Å². The minimum atomic E-state index is -0.724. The van der Waals surface area contributed by atoms with Gasteiger partial charge in [-0.3, -0.25) is 14.8 Å². The van der Waals surface area contributed by atoms with Crippen molar-refractivity contribution >= 4 is 5.91 Å². The molecule has 1 aromatic carbocycles. The molecule has 25 heavy (non-hydrogen) atoms. The van der Waals surface area contributed by atoms with E-state index >= 15 is 0 Å². The first-order valence-electron chi connectivity index (χ1n) is 7.68. The van der Waals surface area contributed by atoms with Crippen molar-refractivity contribution in [3.8, 4) is 11.3 Å². The molecule has 0 saturated heterocycles. The van der Waals surface area contributed by atoms with Gasteiger partial charge in [0.1, 0.15) is 11.6 Å². The number of rotatable bonds is 5. The Balaban J connectivity index is 1.57. The maximum atomic E-state index is 13.5. The molecule has 1 N–H and O–H groups in total. The monoisotopic (exact) mass is 339 g/mol. The van der Waals surface area contributed by atoms with E-state index in [1.807, 2.05) is 24.3 Å². The highest BCUT2D eigenvalue weighted by Crippen LogP contribution is 2.15. The largest absolute Gasteiger partial charge is 0.352 e. The minimum absolute atomic E-state index is 0.146. The van der Waals surface area contributed by atoms with Crippen molar-refractivity contribution in [3.63, 3.8) is 0 Å². The number of nitrogens with one attached hydrogen (secondary N) is 1. The molecule has 0 saturated carbocycles. The molecule has 0 aliphatic rings. The number of pyridine rings is 2. The maximum absolute atomic E-state index is 13.5. The Hall–Kier alpha value is -3.15. The van der Waals surface area contributed by atoms with Gasteiger partial charge in [0.25, 0.3) is 0 Å². The molecular formula is C19H15F2N3O. The average Bonchev–Trinajstić information content (AvgIpc) is 2.63. The van der Waals surface area contributed by atoms with Crippen LogP contribution in [0.25, 0.3) is 11.3 Å². The quantitative estimate of drug-likeness (QED) is 0.776. The van der Waals surface area contributed by atoms with Crippen molar-refractivity contribution in [2.45, 2.75) is 13.0 Å². The second kappa shape index (κ2) is 7.61. The van der Waals surface area contributed by atoms with Crippen LogP contribution in [-0.4, -0.2) is 15.9 Å². The number of hydrogen-bond donors (Lipinski definition) is 1. The second-order valence-corrected chi connectivity index (χ2v) is 5.48. The van der Waals surface area contributed by atoms with Gasteiger partial charge in [-0.2, -0.15) is 0 Å². The molecule has 0 radical (unpaired) electrons. The molecule has 3 rings (SSSR count). The number of amides is 1. The Morgan fingerprint density at radius 1 is 1.08 bits per heavy atom. The first-order valence-corrected chi connectivity index (χ1v) is 7.68. The number of hydrogen-bond acceptors (Lipinski definition) is 3. The lowest BCUT2D eigenvalue weighted by atomic mass is 10.1. The normalized spacial score (nSPS) is 10.5. The third-order valence-corrected chi connectivity index (χ3v) is 3.64. The van der Waals surface area contributed by atoms with Crippen molar-refractivity contribution in [2.24, 2.45) is 0 Å². The van der Waals surface area contributed by atoms with Gasteiger partial charge in [0, 0.05) is 36.8 Å². The molecule has 3 aromatic rings. The SMILES string of the molecule is O=C(Cc1ccc(F)cc1F)NCc1ccc(-c2cccnc2)nc1. The van der Waals surface area contributed by atoms with E-state index in [9.17, 15) is 13.6 Å². The summed E-state index contributed by atoms with van der Waals surface area (Å²) in [5.74, 6) is -1.74. The van der Waals surface area contributed by atoms with Gasteiger partial charge in [-0.15, -0.1) is 0 Å². The van der Waals surface area contributed by atoms with Crippen molar-refractivity contribution in [1.29, 1.82) is 0 Å². The van der Waals surface area contributed by atoms with Crippen LogP contribution in [0.3, 0.4) is 0 Å². The van der Waals surface area contributed by atoms with Gasteiger partial charge in [0.15, 0.2) is 0 Å². The predicted octanol–water partition coefficient (Wildman–Crippen LogP) is 3.28. The molecule has 1 amide bonds. The summed E-state index contributed by atoms with van der Waals surface area (Å²) >= 11 is 0. The summed E-state index contributed by atoms with van der Waals surface area (Å²) in [4.78, 5) is 20.3. The fourth-order valence-electron chi connectivity index (χ4n) is 2.32. The Morgan fingerprint density at radius 3 is 2.64 bits per heavy atom.